The normalized spacial score (nSPS) is 12.8. The van der Waals surface area contributed by atoms with Crippen LogP contribution in [0.4, 0.5) is 0 Å². The molecule has 0 amide bonds. The molecule has 2 atom stereocenters. The summed E-state index contributed by atoms with van der Waals surface area (Å²) in [4.78, 5) is 4.08. The maximum atomic E-state index is 10.4. The molecule has 0 fully saturated rings. The van der Waals surface area contributed by atoms with Crippen LogP contribution in [-0.2, 0) is 6.54 Å². The summed E-state index contributed by atoms with van der Waals surface area (Å²) >= 11 is 0. The van der Waals surface area contributed by atoms with Gasteiger partial charge in [0, 0.05) is 30.6 Å². The van der Waals surface area contributed by atoms with Crippen molar-refractivity contribution in [3.63, 3.8) is 0 Å². The number of imidazole rings is 1. The fourth-order valence-corrected chi connectivity index (χ4v) is 2.80. The van der Waals surface area contributed by atoms with Gasteiger partial charge in [-0.2, -0.15) is 0 Å². The number of hydrogen-bond donors (Lipinski definition) is 3. The van der Waals surface area contributed by atoms with Crippen LogP contribution in [0.15, 0.2) is 47.2 Å². The largest absolute Gasteiger partial charge is 0.494 e. The van der Waals surface area contributed by atoms with Crippen molar-refractivity contribution >= 4 is 0 Å². The standard InChI is InChI=1S/C22H25N3O5/c1-16(27)22-23-10-11-25(22)15-21(28)20-14-19(30-24-20)9-6-17-4-7-18(8-5-17)29-13-3-2-12-26/h4-5,7-8,10-11,14,16,21,26-28H,2-3,12-13,15H2,1H3/t16-,21?/m0/s1. The van der Waals surface area contributed by atoms with Gasteiger partial charge in [-0.1, -0.05) is 11.1 Å². The molecule has 0 aliphatic heterocycles. The van der Waals surface area contributed by atoms with E-state index in [1.54, 1.807) is 30.0 Å². The van der Waals surface area contributed by atoms with E-state index in [4.69, 9.17) is 14.4 Å². The molecule has 8 heteroatoms. The molecule has 8 nitrogen and oxygen atoms in total. The van der Waals surface area contributed by atoms with Gasteiger partial charge >= 0.3 is 0 Å². The molecule has 2 heterocycles. The monoisotopic (exact) mass is 411 g/mol. The number of rotatable bonds is 9. The summed E-state index contributed by atoms with van der Waals surface area (Å²) in [5.74, 6) is 7.43. The quantitative estimate of drug-likeness (QED) is 0.365. The van der Waals surface area contributed by atoms with Crippen LogP contribution in [0, 0.1) is 11.8 Å². The Morgan fingerprint density at radius 3 is 2.70 bits per heavy atom. The molecule has 0 saturated heterocycles. The second kappa shape index (κ2) is 10.6. The van der Waals surface area contributed by atoms with Gasteiger partial charge in [0.05, 0.1) is 13.2 Å². The molecule has 3 rings (SSSR count). The van der Waals surface area contributed by atoms with Crippen molar-refractivity contribution in [1.82, 2.24) is 14.7 Å². The Morgan fingerprint density at radius 2 is 1.97 bits per heavy atom. The minimum atomic E-state index is -0.918. The number of aliphatic hydroxyl groups excluding tert-OH is 3. The molecule has 0 aliphatic rings. The molecular weight excluding hydrogens is 386 g/mol. The zero-order valence-corrected chi connectivity index (χ0v) is 16.7. The third kappa shape index (κ3) is 5.94. The van der Waals surface area contributed by atoms with Gasteiger partial charge in [0.2, 0.25) is 5.76 Å². The first-order chi connectivity index (χ1) is 14.6. The average Bonchev–Trinajstić information content (AvgIpc) is 3.40. The van der Waals surface area contributed by atoms with Crippen LogP contribution in [0.5, 0.6) is 5.75 Å². The molecule has 0 spiro atoms. The Morgan fingerprint density at radius 1 is 1.17 bits per heavy atom. The molecule has 3 N–H and O–H groups in total. The molecule has 0 radical (unpaired) electrons. The van der Waals surface area contributed by atoms with Gasteiger partial charge < -0.3 is 29.1 Å². The third-order valence-corrected chi connectivity index (χ3v) is 4.37. The molecule has 30 heavy (non-hydrogen) atoms. The van der Waals surface area contributed by atoms with Crippen LogP contribution in [-0.4, -0.2) is 43.2 Å². The van der Waals surface area contributed by atoms with E-state index in [9.17, 15) is 10.2 Å². The molecular formula is C22H25N3O5. The first kappa shape index (κ1) is 21.6. The molecule has 1 unspecified atom stereocenters. The summed E-state index contributed by atoms with van der Waals surface area (Å²) in [5.41, 5.74) is 1.15. The Kier molecular flexibility index (Phi) is 7.63. The number of ether oxygens (including phenoxy) is 1. The van der Waals surface area contributed by atoms with E-state index in [1.165, 1.54) is 0 Å². The Hall–Kier alpha value is -3.12. The van der Waals surface area contributed by atoms with Crippen LogP contribution in [0.3, 0.4) is 0 Å². The summed E-state index contributed by atoms with van der Waals surface area (Å²) in [7, 11) is 0. The number of aromatic nitrogens is 3. The summed E-state index contributed by atoms with van der Waals surface area (Å²) in [6.07, 6.45) is 3.13. The van der Waals surface area contributed by atoms with Crippen molar-refractivity contribution < 1.29 is 24.6 Å². The second-order valence-electron chi connectivity index (χ2n) is 6.80. The lowest BCUT2D eigenvalue weighted by molar-refractivity contribution is 0.136. The van der Waals surface area contributed by atoms with Crippen LogP contribution in [0.2, 0.25) is 0 Å². The summed E-state index contributed by atoms with van der Waals surface area (Å²) in [6, 6.07) is 8.95. The van der Waals surface area contributed by atoms with Gasteiger partial charge in [0.25, 0.3) is 0 Å². The minimum absolute atomic E-state index is 0.171. The zero-order chi connectivity index (χ0) is 21.3. The van der Waals surface area contributed by atoms with Gasteiger partial charge in [-0.05, 0) is 50.0 Å². The van der Waals surface area contributed by atoms with E-state index >= 15 is 0 Å². The minimum Gasteiger partial charge on any atom is -0.494 e. The second-order valence-corrected chi connectivity index (χ2v) is 6.80. The van der Waals surface area contributed by atoms with Gasteiger partial charge in [0.15, 0.2) is 0 Å². The van der Waals surface area contributed by atoms with E-state index in [-0.39, 0.29) is 13.2 Å². The van der Waals surface area contributed by atoms with Crippen molar-refractivity contribution in [3.8, 4) is 17.6 Å². The lowest BCUT2D eigenvalue weighted by Crippen LogP contribution is -2.12. The first-order valence-electron chi connectivity index (χ1n) is 9.76. The summed E-state index contributed by atoms with van der Waals surface area (Å²) in [6.45, 7) is 2.54. The number of unbranched alkanes of at least 4 members (excludes halogenated alkanes) is 1. The van der Waals surface area contributed by atoms with Gasteiger partial charge in [-0.3, -0.25) is 0 Å². The lowest BCUT2D eigenvalue weighted by Gasteiger charge is -2.12. The molecule has 3 aromatic rings. The molecule has 0 bridgehead atoms. The predicted molar refractivity (Wildman–Crippen MR) is 109 cm³/mol. The SMILES string of the molecule is C[C@H](O)c1nccn1CC(O)c1cc(C#Cc2ccc(OCCCCO)cc2)on1. The maximum Gasteiger partial charge on any atom is 0.210 e. The van der Waals surface area contributed by atoms with Crippen LogP contribution >= 0.6 is 0 Å². The van der Waals surface area contributed by atoms with Crippen molar-refractivity contribution in [2.24, 2.45) is 0 Å². The molecule has 0 aliphatic carbocycles. The first-order valence-corrected chi connectivity index (χ1v) is 9.76. The number of benzene rings is 1. The summed E-state index contributed by atoms with van der Waals surface area (Å²) in [5, 5.41) is 32.8. The molecule has 2 aromatic heterocycles. The highest BCUT2D eigenvalue weighted by Gasteiger charge is 2.17. The van der Waals surface area contributed by atoms with Crippen LogP contribution < -0.4 is 4.74 Å². The molecule has 1 aromatic carbocycles. The molecule has 0 saturated carbocycles. The van der Waals surface area contributed by atoms with Crippen molar-refractivity contribution in [1.29, 1.82) is 0 Å². The Bertz CT molecular complexity index is 982. The van der Waals surface area contributed by atoms with Crippen LogP contribution in [0.1, 0.15) is 54.8 Å². The summed E-state index contributed by atoms with van der Waals surface area (Å²) < 4.78 is 12.5. The number of nitrogens with zero attached hydrogens (tertiary/aromatic N) is 3. The average molecular weight is 411 g/mol. The van der Waals surface area contributed by atoms with Crippen LogP contribution in [0.25, 0.3) is 0 Å². The van der Waals surface area contributed by atoms with E-state index in [0.29, 0.717) is 23.9 Å². The van der Waals surface area contributed by atoms with Gasteiger partial charge in [-0.15, -0.1) is 0 Å². The smallest absolute Gasteiger partial charge is 0.210 e. The number of hydrogen-bond acceptors (Lipinski definition) is 7. The fraction of sp³-hybridized carbons (Fsp3) is 0.364. The Labute approximate surface area is 174 Å². The predicted octanol–water partition coefficient (Wildman–Crippen LogP) is 2.21. The fourth-order valence-electron chi connectivity index (χ4n) is 2.80. The highest BCUT2D eigenvalue weighted by Crippen LogP contribution is 2.18. The van der Waals surface area contributed by atoms with Gasteiger partial charge in [-0.25, -0.2) is 4.98 Å². The van der Waals surface area contributed by atoms with Crippen molar-refractivity contribution in [2.45, 2.75) is 38.5 Å². The van der Waals surface area contributed by atoms with Crippen molar-refractivity contribution in [3.05, 3.63) is 65.6 Å². The van der Waals surface area contributed by atoms with Crippen molar-refractivity contribution in [2.75, 3.05) is 13.2 Å². The third-order valence-electron chi connectivity index (χ3n) is 4.37. The molecule has 158 valence electrons. The number of aliphatic hydroxyl groups is 3. The highest BCUT2D eigenvalue weighted by molar-refractivity contribution is 5.41. The van der Waals surface area contributed by atoms with Gasteiger partial charge in [0.1, 0.15) is 29.5 Å². The van der Waals surface area contributed by atoms with E-state index < -0.39 is 12.2 Å². The van der Waals surface area contributed by atoms with E-state index in [2.05, 4.69) is 22.0 Å². The van der Waals surface area contributed by atoms with E-state index in [1.807, 2.05) is 24.3 Å². The Balaban J connectivity index is 1.58. The topological polar surface area (TPSA) is 114 Å². The zero-order valence-electron chi connectivity index (χ0n) is 16.7. The lowest BCUT2D eigenvalue weighted by atomic mass is 10.2. The maximum absolute atomic E-state index is 10.4. The van der Waals surface area contributed by atoms with E-state index in [0.717, 1.165) is 24.2 Å². The highest BCUT2D eigenvalue weighted by atomic mass is 16.5.